The summed E-state index contributed by atoms with van der Waals surface area (Å²) < 4.78 is 39.9. The number of likely N-dealkylation sites (N-methyl/N-ethyl adjacent to an activating group) is 1. The minimum Gasteiger partial charge on any atom is -0.358 e. The molecule has 0 radical (unpaired) electrons. The Kier molecular flexibility index (Phi) is 8.70. The number of fused-ring (bicyclic) bond motifs is 1. The van der Waals surface area contributed by atoms with Gasteiger partial charge in [-0.25, -0.2) is 15.0 Å². The van der Waals surface area contributed by atoms with Crippen LogP contribution in [0.15, 0.2) is 69.8 Å². The molecule has 1 amide bonds. The molecule has 0 unspecified atom stereocenters. The van der Waals surface area contributed by atoms with E-state index in [1.807, 2.05) is 0 Å². The molecule has 0 fully saturated rings. The molecule has 4 rings (SSSR count). The van der Waals surface area contributed by atoms with E-state index in [-0.39, 0.29) is 29.0 Å². The van der Waals surface area contributed by atoms with E-state index in [1.165, 1.54) is 24.7 Å². The number of aromatic nitrogens is 3. The largest absolute Gasteiger partial charge is 0.454 e. The Balaban J connectivity index is 1.41. The van der Waals surface area contributed by atoms with Crippen molar-refractivity contribution in [3.63, 3.8) is 0 Å². The second-order valence-electron chi connectivity index (χ2n) is 9.65. The maximum atomic E-state index is 13.0. The molecule has 0 saturated heterocycles. The van der Waals surface area contributed by atoms with Gasteiger partial charge in [0.05, 0.1) is 49.4 Å². The first kappa shape index (κ1) is 30.0. The lowest BCUT2D eigenvalue weighted by Crippen LogP contribution is -2.42. The second-order valence-corrected chi connectivity index (χ2v) is 10.9. The summed E-state index contributed by atoms with van der Waals surface area (Å²) in [5, 5.41) is 18.2. The first-order chi connectivity index (χ1) is 19.2. The van der Waals surface area contributed by atoms with Gasteiger partial charge in [0, 0.05) is 21.6 Å². The number of rotatable bonds is 9. The molecule has 3 heterocycles. The first-order valence-electron chi connectivity index (χ1n) is 11.9. The Morgan fingerprint density at radius 2 is 2.00 bits per heavy atom. The summed E-state index contributed by atoms with van der Waals surface area (Å²) in [5.74, 6) is -0.572. The summed E-state index contributed by atoms with van der Waals surface area (Å²) in [5.41, 5.74) is 0.0354. The maximum absolute atomic E-state index is 13.0. The minimum atomic E-state index is -4.75. The van der Waals surface area contributed by atoms with Crippen LogP contribution < -0.4 is 10.6 Å². The van der Waals surface area contributed by atoms with E-state index in [0.717, 1.165) is 0 Å². The third-order valence-corrected chi connectivity index (χ3v) is 7.10. The van der Waals surface area contributed by atoms with Gasteiger partial charge in [0.1, 0.15) is 24.5 Å². The summed E-state index contributed by atoms with van der Waals surface area (Å²) in [7, 11) is 3.36. The van der Waals surface area contributed by atoms with Crippen LogP contribution in [0, 0.1) is 10.1 Å². The van der Waals surface area contributed by atoms with Crippen molar-refractivity contribution in [1.82, 2.24) is 15.0 Å². The summed E-state index contributed by atoms with van der Waals surface area (Å²) in [6.45, 7) is 0.143. The molecule has 0 aliphatic carbocycles. The van der Waals surface area contributed by atoms with Crippen molar-refractivity contribution in [3.8, 4) is 0 Å². The highest BCUT2D eigenvalue weighted by atomic mass is 79.9. The normalized spacial score (nSPS) is 14.1. The fraction of sp³-hybridized carbons (Fsp3) is 0.240. The van der Waals surface area contributed by atoms with Gasteiger partial charge in [0.25, 0.3) is 0 Å². The molecule has 16 heteroatoms. The number of nitrogens with one attached hydrogen (secondary N) is 2. The second kappa shape index (κ2) is 11.9. The number of benzene rings is 1. The van der Waals surface area contributed by atoms with Crippen molar-refractivity contribution in [2.45, 2.75) is 12.6 Å². The van der Waals surface area contributed by atoms with E-state index in [0.29, 0.717) is 31.9 Å². The molecular weight excluding hydrogens is 633 g/mol. The Morgan fingerprint density at radius 1 is 1.24 bits per heavy atom. The van der Waals surface area contributed by atoms with Crippen LogP contribution in [-0.2, 0) is 4.79 Å². The number of carbonyl (C=O) groups is 1. The number of nitro groups is 1. The number of hydrogen-bond donors (Lipinski definition) is 2. The maximum Gasteiger partial charge on any atom is 0.454 e. The van der Waals surface area contributed by atoms with Crippen molar-refractivity contribution in [3.05, 3.63) is 79.9 Å². The topological polar surface area (TPSA) is 135 Å². The minimum absolute atomic E-state index is 0.0249. The fourth-order valence-corrected chi connectivity index (χ4v) is 4.52. The molecule has 2 N–H and O–H groups in total. The van der Waals surface area contributed by atoms with E-state index < -0.39 is 35.0 Å². The van der Waals surface area contributed by atoms with Crippen molar-refractivity contribution >= 4 is 67.4 Å². The number of aliphatic imine (C=N–C) groups is 1. The molecule has 214 valence electrons. The predicted octanol–water partition coefficient (Wildman–Crippen LogP) is 5.65. The van der Waals surface area contributed by atoms with E-state index in [2.05, 4.69) is 46.5 Å². The Bertz CT molecular complexity index is 1630. The van der Waals surface area contributed by atoms with E-state index in [4.69, 9.17) is 11.6 Å². The van der Waals surface area contributed by atoms with Crippen molar-refractivity contribution in [2.24, 2.45) is 4.99 Å². The molecule has 0 atom stereocenters. The van der Waals surface area contributed by atoms with Crippen LogP contribution in [0.25, 0.3) is 10.9 Å². The molecule has 0 spiro atoms. The average Bonchev–Trinajstić information content (AvgIpc) is 3.30. The molecular formula is C25H22BrClF3N8O3+. The summed E-state index contributed by atoms with van der Waals surface area (Å²) >= 11 is 9.44. The van der Waals surface area contributed by atoms with Crippen LogP contribution in [0.4, 0.5) is 30.5 Å². The van der Waals surface area contributed by atoms with Crippen LogP contribution in [0.5, 0.6) is 0 Å². The zero-order valence-corrected chi connectivity index (χ0v) is 23.9. The molecule has 11 nitrogen and oxygen atoms in total. The number of quaternary nitrogens is 1. The van der Waals surface area contributed by atoms with Gasteiger partial charge in [-0.2, -0.15) is 13.2 Å². The lowest BCUT2D eigenvalue weighted by molar-refractivity contribution is -0.880. The number of amides is 1. The van der Waals surface area contributed by atoms with Gasteiger partial charge in [0.15, 0.2) is 0 Å². The van der Waals surface area contributed by atoms with Crippen LogP contribution in [0.2, 0.25) is 5.02 Å². The van der Waals surface area contributed by atoms with Gasteiger partial charge in [-0.15, -0.1) is 0 Å². The molecule has 41 heavy (non-hydrogen) atoms. The highest BCUT2D eigenvalue weighted by molar-refractivity contribution is 9.10. The molecule has 1 aliphatic rings. The number of carbonyl (C=O) groups excluding carboxylic acids is 1. The molecule has 0 saturated carbocycles. The van der Waals surface area contributed by atoms with Crippen molar-refractivity contribution in [2.75, 3.05) is 37.8 Å². The third-order valence-electron chi connectivity index (χ3n) is 5.88. The predicted molar refractivity (Wildman–Crippen MR) is 152 cm³/mol. The van der Waals surface area contributed by atoms with Gasteiger partial charge in [0.2, 0.25) is 11.6 Å². The zero-order chi connectivity index (χ0) is 29.9. The molecule has 3 aromatic rings. The quantitative estimate of drug-likeness (QED) is 0.132. The van der Waals surface area contributed by atoms with Gasteiger partial charge in [-0.05, 0) is 56.2 Å². The summed E-state index contributed by atoms with van der Waals surface area (Å²) in [4.78, 5) is 38.8. The van der Waals surface area contributed by atoms with E-state index in [9.17, 15) is 28.1 Å². The smallest absolute Gasteiger partial charge is 0.358 e. The van der Waals surface area contributed by atoms with Gasteiger partial charge >= 0.3 is 12.0 Å². The van der Waals surface area contributed by atoms with Gasteiger partial charge in [-0.3, -0.25) is 4.79 Å². The molecule has 2 aromatic heterocycles. The van der Waals surface area contributed by atoms with E-state index >= 15 is 0 Å². The number of hydrogen-bond acceptors (Lipinski definition) is 8. The Hall–Kier alpha value is -3.95. The highest BCUT2D eigenvalue weighted by Crippen LogP contribution is 2.32. The number of nitrogens with zero attached hydrogens (tertiary/aromatic N) is 6. The van der Waals surface area contributed by atoms with Crippen molar-refractivity contribution in [1.29, 1.82) is 0 Å². The highest BCUT2D eigenvalue weighted by Gasteiger charge is 2.47. The zero-order valence-electron chi connectivity index (χ0n) is 21.5. The van der Waals surface area contributed by atoms with Gasteiger partial charge in [-0.1, -0.05) is 11.6 Å². The Labute approximate surface area is 244 Å². The standard InChI is InChI=1S/C25H21BrClF3N8O3/c1-38(2,12-14-8-20(25(28,29)30)35-24(14)37(40)41)7-3-4-22(39)36-21-10-16-19(11-31-21)32-13-33-23(16)34-15-5-6-18(27)17(26)9-15/h3-6,9-11,13H,7-8,12H2,1-2H3,(H-,31,32,33,34,36,39)/p+1/b4-3+. The van der Waals surface area contributed by atoms with Crippen molar-refractivity contribution < 1.29 is 27.4 Å². The van der Waals surface area contributed by atoms with Crippen LogP contribution in [0.1, 0.15) is 6.42 Å². The molecule has 1 aromatic carbocycles. The fourth-order valence-electron chi connectivity index (χ4n) is 4.02. The average molecular weight is 655 g/mol. The first-order valence-corrected chi connectivity index (χ1v) is 13.0. The third kappa shape index (κ3) is 7.62. The summed E-state index contributed by atoms with van der Waals surface area (Å²) in [6.07, 6.45) is 0.258. The Morgan fingerprint density at radius 3 is 2.68 bits per heavy atom. The number of pyridine rings is 1. The van der Waals surface area contributed by atoms with Crippen LogP contribution in [-0.4, -0.2) is 69.3 Å². The number of halogens is 5. The molecule has 1 aliphatic heterocycles. The van der Waals surface area contributed by atoms with Crippen LogP contribution in [0.3, 0.4) is 0 Å². The van der Waals surface area contributed by atoms with E-state index in [1.54, 1.807) is 38.4 Å². The molecule has 0 bridgehead atoms. The number of alkyl halides is 3. The van der Waals surface area contributed by atoms with Crippen LogP contribution >= 0.6 is 27.5 Å². The monoisotopic (exact) mass is 653 g/mol. The lowest BCUT2D eigenvalue weighted by Gasteiger charge is -2.28. The summed E-state index contributed by atoms with van der Waals surface area (Å²) in [6, 6.07) is 6.89. The SMILES string of the molecule is C[N+](C)(C/C=C/C(=O)Nc1cc2c(Nc3ccc(Cl)c(Br)c3)ncnc2cn1)CC1=C([N+](=O)[O-])N=C(C(F)(F)F)C1. The van der Waals surface area contributed by atoms with Gasteiger partial charge < -0.3 is 25.2 Å². The lowest BCUT2D eigenvalue weighted by atomic mass is 10.1. The number of anilines is 3.